The number of carbonyl (C=O) groups is 1. The summed E-state index contributed by atoms with van der Waals surface area (Å²) in [7, 11) is 2.18. The number of hydrogen-bond donors (Lipinski definition) is 1. The van der Waals surface area contributed by atoms with Gasteiger partial charge in [-0.25, -0.2) is 9.78 Å². The van der Waals surface area contributed by atoms with Crippen molar-refractivity contribution in [3.8, 4) is 0 Å². The highest BCUT2D eigenvalue weighted by Crippen LogP contribution is 2.26. The topological polar surface area (TPSA) is 58.4 Å². The zero-order valence-electron chi connectivity index (χ0n) is 12.1. The Bertz CT molecular complexity index is 497. The van der Waals surface area contributed by atoms with Crippen LogP contribution in [0, 0.1) is 0 Å². The molecular formula is C15H23N3O2. The Morgan fingerprint density at radius 2 is 2.25 bits per heavy atom. The van der Waals surface area contributed by atoms with Gasteiger partial charge in [0, 0.05) is 25.1 Å². The minimum absolute atomic E-state index is 0.413. The first-order valence-corrected chi connectivity index (χ1v) is 7.65. The van der Waals surface area contributed by atoms with E-state index in [-0.39, 0.29) is 0 Å². The second-order valence-corrected chi connectivity index (χ2v) is 6.14. The largest absolute Gasteiger partial charge is 0.480 e. The fraction of sp³-hybridized carbons (Fsp3) is 0.733. The van der Waals surface area contributed by atoms with Crippen molar-refractivity contribution >= 4 is 5.97 Å². The van der Waals surface area contributed by atoms with Crippen LogP contribution in [0.2, 0.25) is 0 Å². The first kappa shape index (κ1) is 13.6. The third kappa shape index (κ3) is 2.59. The van der Waals surface area contributed by atoms with Gasteiger partial charge in [-0.15, -0.1) is 0 Å². The number of carboxylic acids is 1. The molecule has 0 aliphatic carbocycles. The Kier molecular flexibility index (Phi) is 3.78. The van der Waals surface area contributed by atoms with Gasteiger partial charge in [-0.2, -0.15) is 0 Å². The fourth-order valence-corrected chi connectivity index (χ4v) is 3.52. The zero-order chi connectivity index (χ0) is 14.1. The van der Waals surface area contributed by atoms with Crippen LogP contribution in [0.5, 0.6) is 0 Å². The van der Waals surface area contributed by atoms with Gasteiger partial charge in [-0.05, 0) is 39.3 Å². The number of hydrogen-bond acceptors (Lipinski definition) is 3. The van der Waals surface area contributed by atoms with E-state index in [0.29, 0.717) is 6.04 Å². The Balaban J connectivity index is 1.77. The van der Waals surface area contributed by atoms with Crippen molar-refractivity contribution < 1.29 is 9.90 Å². The predicted molar refractivity (Wildman–Crippen MR) is 75.8 cm³/mol. The average Bonchev–Trinajstić information content (AvgIpc) is 2.83. The molecule has 20 heavy (non-hydrogen) atoms. The molecule has 110 valence electrons. The van der Waals surface area contributed by atoms with E-state index in [1.165, 1.54) is 19.3 Å². The Hall–Kier alpha value is -1.36. The lowest BCUT2D eigenvalue weighted by molar-refractivity contribution is -0.141. The lowest BCUT2D eigenvalue weighted by Crippen LogP contribution is -2.37. The van der Waals surface area contributed by atoms with E-state index in [9.17, 15) is 9.90 Å². The number of aliphatic carboxylic acids is 1. The van der Waals surface area contributed by atoms with Crippen LogP contribution in [0.3, 0.4) is 0 Å². The average molecular weight is 277 g/mol. The number of imidazole rings is 1. The van der Waals surface area contributed by atoms with Crippen molar-refractivity contribution in [2.24, 2.45) is 0 Å². The normalized spacial score (nSPS) is 27.2. The predicted octanol–water partition coefficient (Wildman–Crippen LogP) is 1.87. The third-order valence-electron chi connectivity index (χ3n) is 4.72. The maximum absolute atomic E-state index is 11.3. The second-order valence-electron chi connectivity index (χ2n) is 6.14. The number of carboxylic acid groups (broad SMARTS) is 1. The number of aryl methyl sites for hydroxylation is 1. The van der Waals surface area contributed by atoms with Crippen molar-refractivity contribution in [1.29, 1.82) is 0 Å². The van der Waals surface area contributed by atoms with Crippen LogP contribution >= 0.6 is 0 Å². The number of rotatable bonds is 3. The van der Waals surface area contributed by atoms with Gasteiger partial charge in [0.15, 0.2) is 0 Å². The zero-order valence-corrected chi connectivity index (χ0v) is 12.1. The van der Waals surface area contributed by atoms with Crippen LogP contribution in [-0.4, -0.2) is 45.2 Å². The SMILES string of the molecule is CN1CCCCC1Cc1cn2c(n1)CCCC2C(=O)O. The molecule has 3 heterocycles. The molecule has 2 unspecified atom stereocenters. The molecule has 0 spiro atoms. The summed E-state index contributed by atoms with van der Waals surface area (Å²) in [6.07, 6.45) is 9.29. The van der Waals surface area contributed by atoms with Crippen LogP contribution in [0.4, 0.5) is 0 Å². The number of likely N-dealkylation sites (tertiary alicyclic amines) is 1. The van der Waals surface area contributed by atoms with E-state index < -0.39 is 12.0 Å². The van der Waals surface area contributed by atoms with E-state index in [0.717, 1.165) is 43.7 Å². The number of fused-ring (bicyclic) bond motifs is 1. The second kappa shape index (κ2) is 5.56. The molecule has 1 aromatic heterocycles. The van der Waals surface area contributed by atoms with Gasteiger partial charge < -0.3 is 14.6 Å². The van der Waals surface area contributed by atoms with Crippen LogP contribution in [0.1, 0.15) is 49.7 Å². The summed E-state index contributed by atoms with van der Waals surface area (Å²) in [6.45, 7) is 1.16. The van der Waals surface area contributed by atoms with Crippen molar-refractivity contribution in [2.45, 2.75) is 57.0 Å². The fourth-order valence-electron chi connectivity index (χ4n) is 3.52. The highest BCUT2D eigenvalue weighted by molar-refractivity contribution is 5.72. The Morgan fingerprint density at radius 3 is 3.00 bits per heavy atom. The van der Waals surface area contributed by atoms with E-state index in [2.05, 4.69) is 16.9 Å². The van der Waals surface area contributed by atoms with E-state index in [1.54, 1.807) is 0 Å². The van der Waals surface area contributed by atoms with Crippen LogP contribution in [0.15, 0.2) is 6.20 Å². The molecule has 0 bridgehead atoms. The van der Waals surface area contributed by atoms with Crippen molar-refractivity contribution in [2.75, 3.05) is 13.6 Å². The Morgan fingerprint density at radius 1 is 1.40 bits per heavy atom. The molecule has 5 nitrogen and oxygen atoms in total. The summed E-state index contributed by atoms with van der Waals surface area (Å²) < 4.78 is 1.89. The van der Waals surface area contributed by atoms with E-state index in [1.807, 2.05) is 10.8 Å². The molecule has 1 fully saturated rings. The summed E-state index contributed by atoms with van der Waals surface area (Å²) in [6, 6.07) is 0.146. The maximum atomic E-state index is 11.3. The van der Waals surface area contributed by atoms with Crippen molar-refractivity contribution in [3.05, 3.63) is 17.7 Å². The third-order valence-corrected chi connectivity index (χ3v) is 4.72. The number of aromatic nitrogens is 2. The molecule has 3 rings (SSSR count). The molecule has 1 aromatic rings. The summed E-state index contributed by atoms with van der Waals surface area (Å²) in [5.41, 5.74) is 1.06. The van der Waals surface area contributed by atoms with Gasteiger partial charge >= 0.3 is 5.97 Å². The lowest BCUT2D eigenvalue weighted by atomic mass is 9.99. The van der Waals surface area contributed by atoms with Gasteiger partial charge in [0.2, 0.25) is 0 Å². The Labute approximate surface area is 119 Å². The first-order valence-electron chi connectivity index (χ1n) is 7.65. The molecule has 2 aliphatic heterocycles. The molecule has 0 radical (unpaired) electrons. The first-order chi connectivity index (χ1) is 9.65. The van der Waals surface area contributed by atoms with Crippen molar-refractivity contribution in [3.63, 3.8) is 0 Å². The molecule has 1 saturated heterocycles. The molecule has 2 aliphatic rings. The number of piperidine rings is 1. The molecule has 2 atom stereocenters. The molecule has 0 saturated carbocycles. The lowest BCUT2D eigenvalue weighted by Gasteiger charge is -2.31. The van der Waals surface area contributed by atoms with Gasteiger partial charge in [0.25, 0.3) is 0 Å². The number of likely N-dealkylation sites (N-methyl/N-ethyl adjacent to an activating group) is 1. The molecular weight excluding hydrogens is 254 g/mol. The standard InChI is InChI=1S/C15H23N3O2/c1-17-8-3-2-5-12(17)9-11-10-18-13(15(19)20)6-4-7-14(18)16-11/h10,12-13H,2-9H2,1H3,(H,19,20). The van der Waals surface area contributed by atoms with Crippen LogP contribution in [0.25, 0.3) is 0 Å². The quantitative estimate of drug-likeness (QED) is 0.916. The summed E-state index contributed by atoms with van der Waals surface area (Å²) in [5.74, 6) is 0.224. The smallest absolute Gasteiger partial charge is 0.326 e. The minimum atomic E-state index is -0.732. The van der Waals surface area contributed by atoms with E-state index in [4.69, 9.17) is 0 Å². The van der Waals surface area contributed by atoms with Crippen LogP contribution < -0.4 is 0 Å². The van der Waals surface area contributed by atoms with Crippen LogP contribution in [-0.2, 0) is 17.6 Å². The van der Waals surface area contributed by atoms with Gasteiger partial charge in [0.1, 0.15) is 11.9 Å². The van der Waals surface area contributed by atoms with Gasteiger partial charge in [-0.3, -0.25) is 0 Å². The van der Waals surface area contributed by atoms with E-state index >= 15 is 0 Å². The highest BCUT2D eigenvalue weighted by atomic mass is 16.4. The summed E-state index contributed by atoms with van der Waals surface area (Å²) >= 11 is 0. The summed E-state index contributed by atoms with van der Waals surface area (Å²) in [5, 5.41) is 9.30. The van der Waals surface area contributed by atoms with Gasteiger partial charge in [-0.1, -0.05) is 6.42 Å². The number of nitrogens with zero attached hydrogens (tertiary/aromatic N) is 3. The molecule has 0 aromatic carbocycles. The summed E-state index contributed by atoms with van der Waals surface area (Å²) in [4.78, 5) is 18.4. The van der Waals surface area contributed by atoms with Gasteiger partial charge in [0.05, 0.1) is 5.69 Å². The molecule has 1 N–H and O–H groups in total. The monoisotopic (exact) mass is 277 g/mol. The molecule has 0 amide bonds. The maximum Gasteiger partial charge on any atom is 0.326 e. The highest BCUT2D eigenvalue weighted by Gasteiger charge is 2.28. The van der Waals surface area contributed by atoms with Crippen molar-refractivity contribution in [1.82, 2.24) is 14.5 Å². The minimum Gasteiger partial charge on any atom is -0.480 e. The molecule has 5 heteroatoms.